The van der Waals surface area contributed by atoms with Gasteiger partial charge in [-0.25, -0.2) is 0 Å². The van der Waals surface area contributed by atoms with Crippen LogP contribution in [0.3, 0.4) is 0 Å². The number of ether oxygens (including phenoxy) is 4. The van der Waals surface area contributed by atoms with Gasteiger partial charge in [-0.3, -0.25) is 0 Å². The summed E-state index contributed by atoms with van der Waals surface area (Å²) in [4.78, 5) is 0. The van der Waals surface area contributed by atoms with Gasteiger partial charge in [0.15, 0.2) is 18.3 Å². The van der Waals surface area contributed by atoms with Crippen LogP contribution >= 0.6 is 0 Å². The van der Waals surface area contributed by atoms with Crippen molar-refractivity contribution in [2.24, 2.45) is 5.92 Å². The molecule has 2 aliphatic heterocycles. The number of benzene rings is 1. The van der Waals surface area contributed by atoms with E-state index >= 15 is 0 Å². The van der Waals surface area contributed by atoms with Gasteiger partial charge < -0.3 is 18.9 Å². The first-order valence-electron chi connectivity index (χ1n) is 8.61. The summed E-state index contributed by atoms with van der Waals surface area (Å²) in [5.74, 6) is 2.34. The van der Waals surface area contributed by atoms with E-state index < -0.39 is 0 Å². The van der Waals surface area contributed by atoms with Gasteiger partial charge in [-0.1, -0.05) is 18.2 Å². The molecule has 1 aromatic carbocycles. The Labute approximate surface area is 151 Å². The fraction of sp³-hybridized carbons (Fsp3) is 0.286. The van der Waals surface area contributed by atoms with Crippen LogP contribution in [0.5, 0.6) is 11.5 Å². The standard InChI is InChI=1S/C21H17NO4/c1-12-8-13-3-5-17-21(26-11-24-17)20(13)19(15(12)6-7-22)14-2-4-16-18(9-14)25-10-23-16/h2-5,8-9,20-21H,6,10-11H2,1H3. The Morgan fingerprint density at radius 3 is 2.88 bits per heavy atom. The zero-order chi connectivity index (χ0) is 17.7. The van der Waals surface area contributed by atoms with Crippen molar-refractivity contribution in [1.29, 1.82) is 5.26 Å². The van der Waals surface area contributed by atoms with Crippen LogP contribution in [0.2, 0.25) is 0 Å². The molecule has 2 heterocycles. The second-order valence-corrected chi connectivity index (χ2v) is 6.69. The molecule has 0 bridgehead atoms. The molecule has 0 radical (unpaired) electrons. The van der Waals surface area contributed by atoms with Crippen LogP contribution in [-0.4, -0.2) is 19.7 Å². The van der Waals surface area contributed by atoms with Gasteiger partial charge in [0, 0.05) is 5.92 Å². The molecule has 5 rings (SSSR count). The van der Waals surface area contributed by atoms with E-state index in [4.69, 9.17) is 18.9 Å². The van der Waals surface area contributed by atoms with Crippen molar-refractivity contribution in [3.05, 3.63) is 64.5 Å². The monoisotopic (exact) mass is 347 g/mol. The van der Waals surface area contributed by atoms with Gasteiger partial charge in [0.25, 0.3) is 0 Å². The SMILES string of the molecule is CC1=CC2=CC=C3OCOC3C2C(c2ccc3c(c2)OCO3)=C1CC#N. The van der Waals surface area contributed by atoms with E-state index in [0.29, 0.717) is 6.42 Å². The van der Waals surface area contributed by atoms with Crippen molar-refractivity contribution in [2.75, 3.05) is 13.6 Å². The lowest BCUT2D eigenvalue weighted by atomic mass is 9.71. The molecule has 0 aromatic heterocycles. The predicted molar refractivity (Wildman–Crippen MR) is 94.0 cm³/mol. The first kappa shape index (κ1) is 15.3. The van der Waals surface area contributed by atoms with Crippen molar-refractivity contribution >= 4 is 5.57 Å². The van der Waals surface area contributed by atoms with Gasteiger partial charge in [0.1, 0.15) is 11.9 Å². The lowest BCUT2D eigenvalue weighted by molar-refractivity contribution is 0.0422. The molecule has 2 atom stereocenters. The summed E-state index contributed by atoms with van der Waals surface area (Å²) in [6.07, 6.45) is 6.42. The minimum absolute atomic E-state index is 0.00456. The molecule has 0 spiro atoms. The number of rotatable bonds is 2. The highest BCUT2D eigenvalue weighted by Gasteiger charge is 2.41. The Morgan fingerprint density at radius 1 is 1.12 bits per heavy atom. The van der Waals surface area contributed by atoms with Gasteiger partial charge in [-0.05, 0) is 53.0 Å². The van der Waals surface area contributed by atoms with Crippen molar-refractivity contribution in [2.45, 2.75) is 19.4 Å². The second kappa shape index (κ2) is 5.79. The Morgan fingerprint density at radius 2 is 2.00 bits per heavy atom. The molecule has 0 saturated carbocycles. The number of fused-ring (bicyclic) bond motifs is 4. The van der Waals surface area contributed by atoms with E-state index in [1.54, 1.807) is 0 Å². The maximum atomic E-state index is 9.40. The third-order valence-electron chi connectivity index (χ3n) is 5.29. The van der Waals surface area contributed by atoms with Crippen LogP contribution in [0.4, 0.5) is 0 Å². The van der Waals surface area contributed by atoms with Crippen LogP contribution in [0.15, 0.2) is 58.9 Å². The van der Waals surface area contributed by atoms with Gasteiger partial charge >= 0.3 is 0 Å². The maximum Gasteiger partial charge on any atom is 0.231 e. The lowest BCUT2D eigenvalue weighted by Gasteiger charge is -2.34. The first-order chi connectivity index (χ1) is 12.8. The second-order valence-electron chi connectivity index (χ2n) is 6.69. The highest BCUT2D eigenvalue weighted by Crippen LogP contribution is 2.49. The van der Waals surface area contributed by atoms with E-state index in [9.17, 15) is 5.26 Å². The molecule has 0 amide bonds. The molecule has 2 aliphatic carbocycles. The Balaban J connectivity index is 1.71. The van der Waals surface area contributed by atoms with E-state index in [1.165, 1.54) is 5.57 Å². The zero-order valence-corrected chi connectivity index (χ0v) is 14.3. The fourth-order valence-electron chi connectivity index (χ4n) is 4.12. The zero-order valence-electron chi connectivity index (χ0n) is 14.3. The smallest absolute Gasteiger partial charge is 0.231 e. The summed E-state index contributed by atoms with van der Waals surface area (Å²) in [6.45, 7) is 2.56. The van der Waals surface area contributed by atoms with Crippen LogP contribution < -0.4 is 9.47 Å². The summed E-state index contributed by atoms with van der Waals surface area (Å²) in [5, 5.41) is 9.40. The molecule has 2 unspecified atom stereocenters. The van der Waals surface area contributed by atoms with Crippen LogP contribution in [-0.2, 0) is 9.47 Å². The van der Waals surface area contributed by atoms with Gasteiger partial charge in [0.05, 0.1) is 12.5 Å². The third kappa shape index (κ3) is 2.19. The predicted octanol–water partition coefficient (Wildman–Crippen LogP) is 3.86. The molecule has 130 valence electrons. The maximum absolute atomic E-state index is 9.40. The van der Waals surface area contributed by atoms with Crippen molar-refractivity contribution in [3.8, 4) is 17.6 Å². The van der Waals surface area contributed by atoms with Gasteiger partial charge in [-0.15, -0.1) is 0 Å². The third-order valence-corrected chi connectivity index (χ3v) is 5.29. The summed E-state index contributed by atoms with van der Waals surface area (Å²) >= 11 is 0. The Kier molecular flexibility index (Phi) is 3.41. The minimum atomic E-state index is -0.159. The van der Waals surface area contributed by atoms with Crippen LogP contribution in [0.1, 0.15) is 18.9 Å². The molecule has 1 aromatic rings. The summed E-state index contributed by atoms with van der Waals surface area (Å²) < 4.78 is 22.5. The Bertz CT molecular complexity index is 961. The summed E-state index contributed by atoms with van der Waals surface area (Å²) in [5.41, 5.74) is 5.47. The molecule has 1 saturated heterocycles. The first-order valence-corrected chi connectivity index (χ1v) is 8.61. The van der Waals surface area contributed by atoms with Gasteiger partial charge in [-0.2, -0.15) is 5.26 Å². The largest absolute Gasteiger partial charge is 0.469 e. The number of nitriles is 1. The lowest BCUT2D eigenvalue weighted by Crippen LogP contribution is -2.29. The minimum Gasteiger partial charge on any atom is -0.469 e. The molecular formula is C21H17NO4. The fourth-order valence-corrected chi connectivity index (χ4v) is 4.12. The van der Waals surface area contributed by atoms with E-state index in [0.717, 1.165) is 39.5 Å². The van der Waals surface area contributed by atoms with E-state index in [-0.39, 0.29) is 25.6 Å². The topological polar surface area (TPSA) is 60.7 Å². The Hall–Kier alpha value is -2.97. The molecule has 5 heteroatoms. The quantitative estimate of drug-likeness (QED) is 0.813. The summed E-state index contributed by atoms with van der Waals surface area (Å²) in [7, 11) is 0. The summed E-state index contributed by atoms with van der Waals surface area (Å²) in [6, 6.07) is 8.27. The van der Waals surface area contributed by atoms with Crippen molar-refractivity contribution in [1.82, 2.24) is 0 Å². The molecule has 26 heavy (non-hydrogen) atoms. The molecule has 4 aliphatic rings. The molecule has 0 N–H and O–H groups in total. The number of hydrogen-bond acceptors (Lipinski definition) is 5. The van der Waals surface area contributed by atoms with Crippen molar-refractivity contribution < 1.29 is 18.9 Å². The van der Waals surface area contributed by atoms with Crippen molar-refractivity contribution in [3.63, 3.8) is 0 Å². The number of nitrogens with zero attached hydrogens (tertiary/aromatic N) is 1. The highest BCUT2D eigenvalue weighted by atomic mass is 16.7. The van der Waals surface area contributed by atoms with E-state index in [1.807, 2.05) is 24.3 Å². The molecular weight excluding hydrogens is 330 g/mol. The average molecular weight is 347 g/mol. The van der Waals surface area contributed by atoms with E-state index in [2.05, 4.69) is 25.1 Å². The van der Waals surface area contributed by atoms with Crippen LogP contribution in [0.25, 0.3) is 5.57 Å². The number of hydrogen-bond donors (Lipinski definition) is 0. The molecule has 1 fully saturated rings. The van der Waals surface area contributed by atoms with Gasteiger partial charge in [0.2, 0.25) is 6.79 Å². The molecule has 5 nitrogen and oxygen atoms in total. The highest BCUT2D eigenvalue weighted by molar-refractivity contribution is 5.82. The normalized spacial score (nSPS) is 25.5. The number of allylic oxidation sites excluding steroid dienone is 5. The average Bonchev–Trinajstić information content (AvgIpc) is 3.30. The van der Waals surface area contributed by atoms with Crippen LogP contribution in [0, 0.1) is 17.2 Å².